The van der Waals surface area contributed by atoms with Crippen LogP contribution in [0.2, 0.25) is 0 Å². The van der Waals surface area contributed by atoms with Crippen molar-refractivity contribution in [1.82, 2.24) is 14.2 Å². The molecule has 0 unspecified atom stereocenters. The summed E-state index contributed by atoms with van der Waals surface area (Å²) in [6.07, 6.45) is 0.551. The number of hydrogen-bond donors (Lipinski definition) is 8. The number of aromatic carboxylic acids is 3. The number of amides is 2. The number of aliphatic hydroxyl groups excluding tert-OH is 4. The molecule has 0 bridgehead atoms. The number of hydrogen-bond acceptors (Lipinski definition) is 10. The molecule has 0 spiro atoms. The van der Waals surface area contributed by atoms with Gasteiger partial charge in [0.25, 0.3) is 11.8 Å². The number of aliphatic hydroxyl groups is 4. The van der Waals surface area contributed by atoms with Crippen molar-refractivity contribution >= 4 is 35.2 Å². The van der Waals surface area contributed by atoms with Crippen LogP contribution in [0.25, 0.3) is 5.52 Å². The minimum absolute atomic E-state index is 0.400. The first-order chi connectivity index (χ1) is 17.5. The van der Waals surface area contributed by atoms with Crippen molar-refractivity contribution in [1.29, 1.82) is 0 Å². The van der Waals surface area contributed by atoms with Gasteiger partial charge < -0.3 is 55.1 Å². The van der Waals surface area contributed by atoms with E-state index in [1.165, 1.54) is 0 Å². The molecule has 0 atom stereocenters. The van der Waals surface area contributed by atoms with Crippen LogP contribution in [0.4, 0.5) is 0 Å². The molecule has 0 saturated heterocycles. The van der Waals surface area contributed by atoms with Crippen molar-refractivity contribution in [3.8, 4) is 5.75 Å². The molecule has 202 valence electrons. The molecule has 0 aliphatic rings. The number of aromatic nitrogens is 1. The molecule has 8 N–H and O–H groups in total. The van der Waals surface area contributed by atoms with E-state index < -0.39 is 122 Å². The second-order valence-corrected chi connectivity index (χ2v) is 7.48. The second kappa shape index (κ2) is 12.1. The molecule has 0 aliphatic heterocycles. The van der Waals surface area contributed by atoms with E-state index in [0.29, 0.717) is 10.6 Å². The molecule has 16 nitrogen and oxygen atoms in total. The fourth-order valence-corrected chi connectivity index (χ4v) is 3.82. The third kappa shape index (κ3) is 5.46. The van der Waals surface area contributed by atoms with Crippen molar-refractivity contribution < 1.29 is 64.8 Å². The molecule has 0 fully saturated rings. The average molecular weight is 527 g/mol. The van der Waals surface area contributed by atoms with Crippen LogP contribution >= 0.6 is 0 Å². The predicted octanol–water partition coefficient (Wildman–Crippen LogP) is -2.41. The van der Waals surface area contributed by atoms with E-state index in [2.05, 4.69) is 0 Å². The molecular weight excluding hydrogens is 502 g/mol. The van der Waals surface area contributed by atoms with E-state index in [-0.39, 0.29) is 0 Å². The summed E-state index contributed by atoms with van der Waals surface area (Å²) in [5.41, 5.74) is -6.12. The molecule has 0 saturated carbocycles. The normalized spacial score (nSPS) is 10.9. The van der Waals surface area contributed by atoms with Crippen LogP contribution in [0.5, 0.6) is 5.75 Å². The lowest BCUT2D eigenvalue weighted by Crippen LogP contribution is -2.40. The predicted molar refractivity (Wildman–Crippen MR) is 120 cm³/mol. The van der Waals surface area contributed by atoms with Crippen LogP contribution in [0, 0.1) is 0 Å². The van der Waals surface area contributed by atoms with Gasteiger partial charge >= 0.3 is 17.9 Å². The Hall–Kier alpha value is -4.25. The molecule has 2 rings (SSSR count). The average Bonchev–Trinajstić information content (AvgIpc) is 3.13. The number of aromatic hydroxyl groups is 1. The number of carbonyl (C=O) groups is 5. The number of pyridine rings is 1. The number of carboxylic acid groups (broad SMARTS) is 3. The van der Waals surface area contributed by atoms with Gasteiger partial charge in [-0.05, 0) is 0 Å². The fourth-order valence-electron chi connectivity index (χ4n) is 3.82. The second-order valence-electron chi connectivity index (χ2n) is 7.48. The Morgan fingerprint density at radius 3 is 1.46 bits per heavy atom. The highest BCUT2D eigenvalue weighted by molar-refractivity contribution is 6.17. The van der Waals surface area contributed by atoms with Gasteiger partial charge in [0.1, 0.15) is 22.3 Å². The highest BCUT2D eigenvalue weighted by Crippen LogP contribution is 2.37. The third-order valence-corrected chi connectivity index (χ3v) is 5.32. The minimum Gasteiger partial charge on any atom is -0.505 e. The van der Waals surface area contributed by atoms with E-state index in [9.17, 15) is 64.8 Å². The Labute approximate surface area is 207 Å². The summed E-state index contributed by atoms with van der Waals surface area (Å²) in [6.45, 7) is -4.06. The van der Waals surface area contributed by atoms with Gasteiger partial charge in [-0.1, -0.05) is 0 Å². The van der Waals surface area contributed by atoms with Gasteiger partial charge in [-0.25, -0.2) is 14.4 Å². The van der Waals surface area contributed by atoms with Crippen LogP contribution in [0.3, 0.4) is 0 Å². The number of carbonyl (C=O) groups excluding carboxylic acids is 2. The molecule has 0 aromatic carbocycles. The Morgan fingerprint density at radius 1 is 0.649 bits per heavy atom. The van der Waals surface area contributed by atoms with Crippen LogP contribution in [-0.4, -0.2) is 137 Å². The smallest absolute Gasteiger partial charge is 0.338 e. The molecule has 0 radical (unpaired) electrons. The summed E-state index contributed by atoms with van der Waals surface area (Å²) < 4.78 is 0.544. The van der Waals surface area contributed by atoms with E-state index in [0.717, 1.165) is 9.80 Å². The molecular formula is C21H25N3O13. The van der Waals surface area contributed by atoms with Crippen molar-refractivity contribution in [3.63, 3.8) is 0 Å². The first-order valence-electron chi connectivity index (χ1n) is 10.6. The SMILES string of the molecule is O=C(O)c1cn2c(C(=O)N(CCO)CCO)c(C(=O)N(CCO)CCO)c(O)c2c(C(=O)O)c1C(=O)O. The Balaban J connectivity index is 3.16. The summed E-state index contributed by atoms with van der Waals surface area (Å²) in [5.74, 6) is -9.41. The van der Waals surface area contributed by atoms with Crippen LogP contribution in [0.1, 0.15) is 51.9 Å². The first-order valence-corrected chi connectivity index (χ1v) is 10.6. The lowest BCUT2D eigenvalue weighted by Gasteiger charge is -2.23. The van der Waals surface area contributed by atoms with E-state index in [1.807, 2.05) is 0 Å². The Morgan fingerprint density at radius 2 is 1.08 bits per heavy atom. The minimum atomic E-state index is -2.00. The standard InChI is InChI=1S/C21H25N3O13/c25-5-1-22(2-6-26)17(30)13-15(18(31)23(3-7-27)4-8-28)24-9-10(19(32)33)11(20(34)35)12(21(36)37)14(24)16(13)29/h9,25-29H,1-8H2,(H,32,33)(H,34,35)(H,36,37). The number of carboxylic acids is 3. The van der Waals surface area contributed by atoms with Crippen LogP contribution in [-0.2, 0) is 0 Å². The van der Waals surface area contributed by atoms with Gasteiger partial charge in [0.2, 0.25) is 0 Å². The summed E-state index contributed by atoms with van der Waals surface area (Å²) in [7, 11) is 0. The maximum atomic E-state index is 13.5. The van der Waals surface area contributed by atoms with E-state index in [4.69, 9.17) is 0 Å². The van der Waals surface area contributed by atoms with Crippen LogP contribution < -0.4 is 0 Å². The maximum Gasteiger partial charge on any atom is 0.338 e. The van der Waals surface area contributed by atoms with E-state index in [1.54, 1.807) is 0 Å². The monoisotopic (exact) mass is 527 g/mol. The maximum absolute atomic E-state index is 13.5. The molecule has 2 aromatic heterocycles. The van der Waals surface area contributed by atoms with Gasteiger partial charge in [-0.15, -0.1) is 0 Å². The fraction of sp³-hybridized carbons (Fsp3) is 0.381. The number of rotatable bonds is 13. The number of nitrogens with zero attached hydrogens (tertiary/aromatic N) is 3. The summed E-state index contributed by atoms with van der Waals surface area (Å²) in [5, 5.41) is 77.2. The first kappa shape index (κ1) is 29.0. The molecule has 2 amide bonds. The summed E-state index contributed by atoms with van der Waals surface area (Å²) in [6, 6.07) is 0. The van der Waals surface area contributed by atoms with Crippen molar-refractivity contribution in [2.45, 2.75) is 0 Å². The highest BCUT2D eigenvalue weighted by Gasteiger charge is 2.38. The number of fused-ring (bicyclic) bond motifs is 1. The zero-order chi connectivity index (χ0) is 28.0. The third-order valence-electron chi connectivity index (χ3n) is 5.32. The summed E-state index contributed by atoms with van der Waals surface area (Å²) >= 11 is 0. The quantitative estimate of drug-likeness (QED) is 0.135. The Bertz CT molecular complexity index is 1220. The molecule has 2 heterocycles. The lowest BCUT2D eigenvalue weighted by molar-refractivity contribution is 0.0631. The lowest BCUT2D eigenvalue weighted by atomic mass is 10.0. The Kier molecular flexibility index (Phi) is 9.50. The van der Waals surface area contributed by atoms with Crippen molar-refractivity contribution in [2.75, 3.05) is 52.6 Å². The van der Waals surface area contributed by atoms with Gasteiger partial charge in [-0.3, -0.25) is 9.59 Å². The zero-order valence-corrected chi connectivity index (χ0v) is 19.2. The van der Waals surface area contributed by atoms with Crippen molar-refractivity contribution in [2.24, 2.45) is 0 Å². The van der Waals surface area contributed by atoms with Crippen molar-refractivity contribution in [3.05, 3.63) is 34.1 Å². The molecule has 2 aromatic rings. The molecule has 0 aliphatic carbocycles. The van der Waals surface area contributed by atoms with Gasteiger partial charge in [0.15, 0.2) is 5.75 Å². The molecule has 37 heavy (non-hydrogen) atoms. The molecule has 16 heteroatoms. The van der Waals surface area contributed by atoms with Gasteiger partial charge in [0.05, 0.1) is 37.6 Å². The highest BCUT2D eigenvalue weighted by atomic mass is 16.4. The van der Waals surface area contributed by atoms with Crippen LogP contribution in [0.15, 0.2) is 6.20 Å². The largest absolute Gasteiger partial charge is 0.505 e. The topological polar surface area (TPSA) is 258 Å². The van der Waals surface area contributed by atoms with E-state index >= 15 is 0 Å². The van der Waals surface area contributed by atoms with Gasteiger partial charge in [0, 0.05) is 32.4 Å². The zero-order valence-electron chi connectivity index (χ0n) is 19.2. The summed E-state index contributed by atoms with van der Waals surface area (Å²) in [4.78, 5) is 64.3. The van der Waals surface area contributed by atoms with Gasteiger partial charge in [-0.2, -0.15) is 0 Å².